The van der Waals surface area contributed by atoms with Gasteiger partial charge in [0.05, 0.1) is 6.10 Å². The van der Waals surface area contributed by atoms with E-state index in [0.29, 0.717) is 22.6 Å². The number of aryl methyl sites for hydroxylation is 1. The molecule has 50 heavy (non-hydrogen) atoms. The molecule has 0 aliphatic heterocycles. The molecule has 0 saturated carbocycles. The van der Waals surface area contributed by atoms with Gasteiger partial charge in [-0.25, -0.2) is 0 Å². The van der Waals surface area contributed by atoms with Gasteiger partial charge < -0.3 is 19.3 Å². The number of carbonyl (C=O) groups excluding carboxylic acids is 1. The summed E-state index contributed by atoms with van der Waals surface area (Å²) in [4.78, 5) is 17.4. The minimum Gasteiger partial charge on any atom is -0.457 e. The quantitative estimate of drug-likeness (QED) is 0.130. The van der Waals surface area contributed by atoms with E-state index in [2.05, 4.69) is 101 Å². The van der Waals surface area contributed by atoms with E-state index in [1.807, 2.05) is 91.9 Å². The number of benzene rings is 6. The first-order valence-electron chi connectivity index (χ1n) is 16.8. The summed E-state index contributed by atoms with van der Waals surface area (Å²) in [5.41, 5.74) is 8.77. The predicted octanol–water partition coefficient (Wildman–Crippen LogP) is 11.5. The van der Waals surface area contributed by atoms with E-state index in [1.165, 1.54) is 0 Å². The third-order valence-corrected chi connectivity index (χ3v) is 8.76. The molecule has 0 fully saturated rings. The average molecular weight is 655 g/mol. The summed E-state index contributed by atoms with van der Waals surface area (Å²) in [5, 5.41) is 0. The SMILES string of the molecule is CO[C@H]1C=CC(N(c2ccccc2)c2ccc(N(c3ccccc3)c3ccc(Oc4ccc(C(=O)c5ccc(C)cc5)cc4)cc3)cc2)=CC1. The molecule has 0 spiro atoms. The summed E-state index contributed by atoms with van der Waals surface area (Å²) in [6.45, 7) is 2.01. The molecule has 0 amide bonds. The van der Waals surface area contributed by atoms with Gasteiger partial charge in [0.1, 0.15) is 11.5 Å². The lowest BCUT2D eigenvalue weighted by molar-refractivity contribution is 0.103. The summed E-state index contributed by atoms with van der Waals surface area (Å²) < 4.78 is 11.7. The Hall–Kier alpha value is -6.17. The Kier molecular flexibility index (Phi) is 9.67. The second-order valence-corrected chi connectivity index (χ2v) is 12.2. The second-order valence-electron chi connectivity index (χ2n) is 12.2. The summed E-state index contributed by atoms with van der Waals surface area (Å²) in [7, 11) is 1.75. The standard InChI is InChI=1S/C45H38N2O3/c1-33-13-15-34(16-14-33)45(48)35-17-27-43(28-18-35)50-44-31-25-41(26-32-44)47(37-11-7-4-8-12-37)39-21-19-38(20-22-39)46(36-9-5-3-6-10-36)40-23-29-42(49-2)30-24-40/h3-29,31-32,42H,30H2,1-2H3/t42-/m0/s1. The predicted molar refractivity (Wildman–Crippen MR) is 203 cm³/mol. The highest BCUT2D eigenvalue weighted by Gasteiger charge is 2.19. The number of anilines is 5. The summed E-state index contributed by atoms with van der Waals surface area (Å²) in [6, 6.07) is 52.4. The number of ether oxygens (including phenoxy) is 2. The van der Waals surface area contributed by atoms with E-state index in [4.69, 9.17) is 9.47 Å². The third kappa shape index (κ3) is 7.29. The molecule has 7 rings (SSSR count). The van der Waals surface area contributed by atoms with Crippen LogP contribution in [0.4, 0.5) is 28.4 Å². The molecule has 0 heterocycles. The van der Waals surface area contributed by atoms with Crippen molar-refractivity contribution >= 4 is 34.2 Å². The van der Waals surface area contributed by atoms with Crippen LogP contribution in [0.2, 0.25) is 0 Å². The molecule has 0 unspecified atom stereocenters. The maximum absolute atomic E-state index is 12.9. The zero-order valence-corrected chi connectivity index (χ0v) is 28.1. The van der Waals surface area contributed by atoms with Crippen LogP contribution >= 0.6 is 0 Å². The zero-order valence-electron chi connectivity index (χ0n) is 28.1. The van der Waals surface area contributed by atoms with Gasteiger partial charge in [-0.2, -0.15) is 0 Å². The normalized spacial score (nSPS) is 13.7. The topological polar surface area (TPSA) is 42.0 Å². The van der Waals surface area contributed by atoms with Crippen LogP contribution in [-0.4, -0.2) is 19.0 Å². The van der Waals surface area contributed by atoms with Crippen LogP contribution in [0.15, 0.2) is 182 Å². The lowest BCUT2D eigenvalue weighted by Gasteiger charge is -2.30. The number of allylic oxidation sites excluding steroid dienone is 1. The fourth-order valence-electron chi connectivity index (χ4n) is 6.07. The Balaban J connectivity index is 1.12. The molecule has 6 aromatic rings. The van der Waals surface area contributed by atoms with Gasteiger partial charge >= 0.3 is 0 Å². The lowest BCUT2D eigenvalue weighted by Crippen LogP contribution is -2.19. The van der Waals surface area contributed by atoms with Crippen molar-refractivity contribution in [3.8, 4) is 11.5 Å². The first kappa shape index (κ1) is 32.4. The summed E-state index contributed by atoms with van der Waals surface area (Å²) >= 11 is 0. The van der Waals surface area contributed by atoms with Crippen molar-refractivity contribution in [3.63, 3.8) is 0 Å². The van der Waals surface area contributed by atoms with E-state index in [-0.39, 0.29) is 11.9 Å². The largest absolute Gasteiger partial charge is 0.457 e. The van der Waals surface area contributed by atoms with Crippen molar-refractivity contribution in [2.24, 2.45) is 0 Å². The van der Waals surface area contributed by atoms with Crippen molar-refractivity contribution in [1.82, 2.24) is 0 Å². The molecule has 5 heteroatoms. The molecular weight excluding hydrogens is 617 g/mol. The number of ketones is 1. The Bertz CT molecular complexity index is 2090. The molecule has 0 aromatic heterocycles. The van der Waals surface area contributed by atoms with Crippen molar-refractivity contribution in [1.29, 1.82) is 0 Å². The highest BCUT2D eigenvalue weighted by atomic mass is 16.5. The summed E-state index contributed by atoms with van der Waals surface area (Å²) in [6.07, 6.45) is 7.40. The number of nitrogens with zero attached hydrogens (tertiary/aromatic N) is 2. The molecule has 246 valence electrons. The molecule has 6 aromatic carbocycles. The Labute approximate surface area is 294 Å². The molecular formula is C45H38N2O3. The van der Waals surface area contributed by atoms with E-state index in [1.54, 1.807) is 7.11 Å². The van der Waals surface area contributed by atoms with Gasteiger partial charge in [0.25, 0.3) is 0 Å². The van der Waals surface area contributed by atoms with Crippen LogP contribution in [0.3, 0.4) is 0 Å². The van der Waals surface area contributed by atoms with Crippen molar-refractivity contribution in [2.45, 2.75) is 19.4 Å². The molecule has 0 saturated heterocycles. The van der Waals surface area contributed by atoms with Gasteiger partial charge in [0.2, 0.25) is 0 Å². The van der Waals surface area contributed by atoms with Crippen molar-refractivity contribution < 1.29 is 14.3 Å². The molecule has 0 radical (unpaired) electrons. The first-order valence-corrected chi connectivity index (χ1v) is 16.8. The lowest BCUT2D eigenvalue weighted by atomic mass is 10.0. The van der Waals surface area contributed by atoms with E-state index < -0.39 is 0 Å². The Morgan fingerprint density at radius 3 is 1.50 bits per heavy atom. The third-order valence-electron chi connectivity index (χ3n) is 8.76. The van der Waals surface area contributed by atoms with Gasteiger partial charge in [0, 0.05) is 52.4 Å². The smallest absolute Gasteiger partial charge is 0.193 e. The van der Waals surface area contributed by atoms with E-state index >= 15 is 0 Å². The summed E-state index contributed by atoms with van der Waals surface area (Å²) in [5.74, 6) is 1.36. The van der Waals surface area contributed by atoms with Crippen molar-refractivity contribution in [3.05, 3.63) is 198 Å². The number of rotatable bonds is 11. The average Bonchev–Trinajstić information content (AvgIpc) is 3.18. The Morgan fingerprint density at radius 2 is 1.00 bits per heavy atom. The zero-order chi connectivity index (χ0) is 34.3. The Morgan fingerprint density at radius 1 is 0.560 bits per heavy atom. The van der Waals surface area contributed by atoms with Crippen LogP contribution in [0.1, 0.15) is 27.9 Å². The van der Waals surface area contributed by atoms with Gasteiger partial charge in [0.15, 0.2) is 5.78 Å². The number of para-hydroxylation sites is 2. The van der Waals surface area contributed by atoms with E-state index in [9.17, 15) is 4.79 Å². The van der Waals surface area contributed by atoms with Crippen LogP contribution < -0.4 is 14.5 Å². The fraction of sp³-hybridized carbons (Fsp3) is 0.0889. The second kappa shape index (κ2) is 14.9. The molecule has 1 aliphatic carbocycles. The number of hydrogen-bond acceptors (Lipinski definition) is 5. The maximum atomic E-state index is 12.9. The molecule has 1 aliphatic rings. The number of hydrogen-bond donors (Lipinski definition) is 0. The molecule has 1 atom stereocenters. The fourth-order valence-corrected chi connectivity index (χ4v) is 6.07. The van der Waals surface area contributed by atoms with Crippen LogP contribution in [0.5, 0.6) is 11.5 Å². The minimum absolute atomic E-state index is 0.00848. The minimum atomic E-state index is -0.00848. The van der Waals surface area contributed by atoms with Gasteiger partial charge in [-0.15, -0.1) is 0 Å². The number of carbonyl (C=O) groups is 1. The van der Waals surface area contributed by atoms with Gasteiger partial charge in [-0.1, -0.05) is 78.4 Å². The first-order chi connectivity index (χ1) is 24.6. The highest BCUT2D eigenvalue weighted by molar-refractivity contribution is 6.09. The van der Waals surface area contributed by atoms with Gasteiger partial charge in [-0.05, 0) is 116 Å². The monoisotopic (exact) mass is 654 g/mol. The molecule has 0 N–H and O–H groups in total. The van der Waals surface area contributed by atoms with E-state index in [0.717, 1.165) is 46.1 Å². The molecule has 5 nitrogen and oxygen atoms in total. The maximum Gasteiger partial charge on any atom is 0.193 e. The van der Waals surface area contributed by atoms with Crippen LogP contribution in [0.25, 0.3) is 0 Å². The van der Waals surface area contributed by atoms with Gasteiger partial charge in [-0.3, -0.25) is 4.79 Å². The van der Waals surface area contributed by atoms with Crippen LogP contribution in [-0.2, 0) is 4.74 Å². The van der Waals surface area contributed by atoms with Crippen LogP contribution in [0, 0.1) is 6.92 Å². The molecule has 0 bridgehead atoms. The van der Waals surface area contributed by atoms with Crippen molar-refractivity contribution in [2.75, 3.05) is 16.9 Å². The highest BCUT2D eigenvalue weighted by Crippen LogP contribution is 2.39. The number of methoxy groups -OCH3 is 1.